The summed E-state index contributed by atoms with van der Waals surface area (Å²) in [7, 11) is 0. The summed E-state index contributed by atoms with van der Waals surface area (Å²) >= 11 is 0. The van der Waals surface area contributed by atoms with Crippen LogP contribution in [0.5, 0.6) is 0 Å². The van der Waals surface area contributed by atoms with Crippen LogP contribution in [0.3, 0.4) is 0 Å². The number of hydrogen-bond donors (Lipinski definition) is 0. The number of carbonyl (C=O) groups excluding carboxylic acids is 2. The first-order valence-electron chi connectivity index (χ1n) is 10.2. The van der Waals surface area contributed by atoms with E-state index < -0.39 is 11.2 Å². The van der Waals surface area contributed by atoms with E-state index in [1.54, 1.807) is 0 Å². The summed E-state index contributed by atoms with van der Waals surface area (Å²) in [5, 5.41) is 0. The highest BCUT2D eigenvalue weighted by Gasteiger charge is 2.58. The molecule has 0 aromatic carbocycles. The van der Waals surface area contributed by atoms with Crippen molar-refractivity contribution in [1.29, 1.82) is 0 Å². The normalized spacial score (nSPS) is 36.1. The largest absolute Gasteiger partial charge is 0.460 e. The minimum absolute atomic E-state index is 0.0361. The minimum atomic E-state index is -0.437. The fourth-order valence-electron chi connectivity index (χ4n) is 6.43. The van der Waals surface area contributed by atoms with Crippen molar-refractivity contribution in [2.75, 3.05) is 0 Å². The Bertz CT molecular complexity index is 516. The Labute approximate surface area is 158 Å². The fraction of sp³-hybridized carbons (Fsp3) is 0.909. The molecule has 0 spiro atoms. The van der Waals surface area contributed by atoms with E-state index in [9.17, 15) is 9.59 Å². The first-order valence-corrected chi connectivity index (χ1v) is 10.2. The van der Waals surface area contributed by atoms with Crippen molar-refractivity contribution >= 4 is 11.9 Å². The Morgan fingerprint density at radius 1 is 0.769 bits per heavy atom. The lowest BCUT2D eigenvalue weighted by Crippen LogP contribution is -2.53. The zero-order valence-corrected chi connectivity index (χ0v) is 17.4. The SMILES string of the molecule is CC(C)(C)OC(=O)CC12CC3CC(C1)CC(CC(=O)OC(C)(C)C)(C3)C2. The van der Waals surface area contributed by atoms with E-state index in [0.717, 1.165) is 32.1 Å². The molecule has 0 radical (unpaired) electrons. The van der Waals surface area contributed by atoms with Gasteiger partial charge in [-0.05, 0) is 103 Å². The van der Waals surface area contributed by atoms with Gasteiger partial charge in [0.15, 0.2) is 0 Å². The molecule has 0 heterocycles. The van der Waals surface area contributed by atoms with Crippen LogP contribution >= 0.6 is 0 Å². The van der Waals surface area contributed by atoms with Crippen LogP contribution in [0.2, 0.25) is 0 Å². The highest BCUT2D eigenvalue weighted by Crippen LogP contribution is 2.67. The Morgan fingerprint density at radius 3 is 1.42 bits per heavy atom. The number of hydrogen-bond acceptors (Lipinski definition) is 4. The van der Waals surface area contributed by atoms with E-state index >= 15 is 0 Å². The molecule has 26 heavy (non-hydrogen) atoms. The topological polar surface area (TPSA) is 52.6 Å². The molecule has 0 atom stereocenters. The summed E-state index contributed by atoms with van der Waals surface area (Å²) in [6.45, 7) is 11.6. The zero-order chi connectivity index (χ0) is 19.4. The van der Waals surface area contributed by atoms with Crippen LogP contribution in [-0.2, 0) is 19.1 Å². The predicted molar refractivity (Wildman–Crippen MR) is 100 cm³/mol. The second-order valence-corrected chi connectivity index (χ2v) is 11.5. The third-order valence-corrected chi connectivity index (χ3v) is 6.18. The standard InChI is InChI=1S/C22H36O4/c1-19(2,3)25-17(23)12-21-8-15-7-16(9-21)11-22(10-15,14-21)13-18(24)26-20(4,5)6/h15-16H,7-14H2,1-6H3. The quantitative estimate of drug-likeness (QED) is 0.656. The third-order valence-electron chi connectivity index (χ3n) is 6.18. The fourth-order valence-corrected chi connectivity index (χ4v) is 6.43. The number of carbonyl (C=O) groups is 2. The number of ether oxygens (including phenoxy) is 2. The molecule has 4 aliphatic rings. The van der Waals surface area contributed by atoms with Gasteiger partial charge in [0.1, 0.15) is 11.2 Å². The minimum Gasteiger partial charge on any atom is -0.460 e. The molecular formula is C22H36O4. The monoisotopic (exact) mass is 364 g/mol. The second-order valence-electron chi connectivity index (χ2n) is 11.5. The van der Waals surface area contributed by atoms with Crippen LogP contribution in [0, 0.1) is 22.7 Å². The van der Waals surface area contributed by atoms with Gasteiger partial charge in [0.25, 0.3) is 0 Å². The van der Waals surface area contributed by atoms with E-state index in [-0.39, 0.29) is 22.8 Å². The maximum absolute atomic E-state index is 12.5. The summed E-state index contributed by atoms with van der Waals surface area (Å²) in [4.78, 5) is 25.1. The maximum Gasteiger partial charge on any atom is 0.306 e. The van der Waals surface area contributed by atoms with Gasteiger partial charge >= 0.3 is 11.9 Å². The Kier molecular flexibility index (Phi) is 4.73. The van der Waals surface area contributed by atoms with Gasteiger partial charge in [0, 0.05) is 0 Å². The summed E-state index contributed by atoms with van der Waals surface area (Å²) in [6.07, 6.45) is 7.76. The Balaban J connectivity index is 1.72. The molecule has 4 rings (SSSR count). The van der Waals surface area contributed by atoms with Gasteiger partial charge in [0.05, 0.1) is 12.8 Å². The average molecular weight is 365 g/mol. The van der Waals surface area contributed by atoms with E-state index in [1.165, 1.54) is 6.42 Å². The van der Waals surface area contributed by atoms with Crippen molar-refractivity contribution in [3.63, 3.8) is 0 Å². The molecule has 148 valence electrons. The lowest BCUT2D eigenvalue weighted by atomic mass is 9.43. The summed E-state index contributed by atoms with van der Waals surface area (Å²) in [5.74, 6) is 1.15. The van der Waals surface area contributed by atoms with Crippen LogP contribution in [0.25, 0.3) is 0 Å². The molecule has 4 heteroatoms. The van der Waals surface area contributed by atoms with Crippen molar-refractivity contribution < 1.29 is 19.1 Å². The summed E-state index contributed by atoms with van der Waals surface area (Å²) in [5.41, 5.74) is -0.802. The van der Waals surface area contributed by atoms with Crippen LogP contribution in [0.1, 0.15) is 92.9 Å². The van der Waals surface area contributed by atoms with E-state index in [1.807, 2.05) is 41.5 Å². The average Bonchev–Trinajstić information content (AvgIpc) is 2.28. The van der Waals surface area contributed by atoms with Crippen LogP contribution in [0.15, 0.2) is 0 Å². The highest BCUT2D eigenvalue weighted by molar-refractivity contribution is 5.72. The van der Waals surface area contributed by atoms with Gasteiger partial charge in [-0.3, -0.25) is 9.59 Å². The number of rotatable bonds is 4. The number of esters is 2. The van der Waals surface area contributed by atoms with Crippen LogP contribution in [0.4, 0.5) is 0 Å². The molecule has 0 N–H and O–H groups in total. The molecule has 4 fully saturated rings. The van der Waals surface area contributed by atoms with Gasteiger partial charge in [-0.1, -0.05) is 0 Å². The molecule has 4 saturated carbocycles. The Hall–Kier alpha value is -1.06. The lowest BCUT2D eigenvalue weighted by Gasteiger charge is -2.62. The van der Waals surface area contributed by atoms with Gasteiger partial charge < -0.3 is 9.47 Å². The first kappa shape index (κ1) is 19.7. The van der Waals surface area contributed by atoms with Crippen molar-refractivity contribution in [3.8, 4) is 0 Å². The van der Waals surface area contributed by atoms with Crippen molar-refractivity contribution in [2.45, 2.75) is 104 Å². The summed E-state index contributed by atoms with van der Waals surface area (Å²) in [6, 6.07) is 0. The highest BCUT2D eigenvalue weighted by atomic mass is 16.6. The first-order chi connectivity index (χ1) is 11.8. The smallest absolute Gasteiger partial charge is 0.306 e. The van der Waals surface area contributed by atoms with E-state index in [2.05, 4.69) is 0 Å². The molecule has 4 bridgehead atoms. The van der Waals surface area contributed by atoms with E-state index in [0.29, 0.717) is 24.7 Å². The summed E-state index contributed by atoms with van der Waals surface area (Å²) < 4.78 is 11.3. The van der Waals surface area contributed by atoms with Crippen molar-refractivity contribution in [3.05, 3.63) is 0 Å². The molecule has 0 amide bonds. The zero-order valence-electron chi connectivity index (χ0n) is 17.4. The predicted octanol–water partition coefficient (Wildman–Crippen LogP) is 5.04. The van der Waals surface area contributed by atoms with Gasteiger partial charge in [0.2, 0.25) is 0 Å². The molecule has 4 aliphatic carbocycles. The maximum atomic E-state index is 12.5. The van der Waals surface area contributed by atoms with Crippen LogP contribution in [-0.4, -0.2) is 23.1 Å². The molecule has 0 aromatic rings. The Morgan fingerprint density at radius 2 is 1.12 bits per heavy atom. The molecule has 4 nitrogen and oxygen atoms in total. The van der Waals surface area contributed by atoms with Gasteiger partial charge in [-0.15, -0.1) is 0 Å². The molecule has 0 unspecified atom stereocenters. The molecular weight excluding hydrogens is 328 g/mol. The lowest BCUT2D eigenvalue weighted by molar-refractivity contribution is -0.174. The third kappa shape index (κ3) is 4.61. The molecule has 0 saturated heterocycles. The van der Waals surface area contributed by atoms with E-state index in [4.69, 9.17) is 9.47 Å². The van der Waals surface area contributed by atoms with Crippen LogP contribution < -0.4 is 0 Å². The molecule has 0 aliphatic heterocycles. The van der Waals surface area contributed by atoms with Crippen molar-refractivity contribution in [2.24, 2.45) is 22.7 Å². The second kappa shape index (κ2) is 6.24. The van der Waals surface area contributed by atoms with Gasteiger partial charge in [-0.25, -0.2) is 0 Å². The van der Waals surface area contributed by atoms with Gasteiger partial charge in [-0.2, -0.15) is 0 Å². The van der Waals surface area contributed by atoms with Crippen molar-refractivity contribution in [1.82, 2.24) is 0 Å². The molecule has 0 aromatic heterocycles.